The molecule has 24 heavy (non-hydrogen) atoms. The van der Waals surface area contributed by atoms with E-state index in [9.17, 15) is 9.18 Å². The highest BCUT2D eigenvalue weighted by Crippen LogP contribution is 2.24. The van der Waals surface area contributed by atoms with Gasteiger partial charge in [0.05, 0.1) is 12.8 Å². The Kier molecular flexibility index (Phi) is 3.84. The SMILES string of the molecule is O=C(c1cc2ccoc2n1Cc1cccc(F)c1)N1CCCCC1. The third kappa shape index (κ3) is 2.70. The standard InChI is InChI=1S/C19H19FN2O2/c20-16-6-4-5-14(11-16)13-22-17(12-15-7-10-24-19(15)22)18(23)21-8-2-1-3-9-21/h4-7,10-12H,1-3,8-9,13H2. The summed E-state index contributed by atoms with van der Waals surface area (Å²) in [6.07, 6.45) is 4.89. The van der Waals surface area contributed by atoms with Crippen molar-refractivity contribution in [3.05, 3.63) is 59.7 Å². The van der Waals surface area contributed by atoms with E-state index < -0.39 is 0 Å². The summed E-state index contributed by atoms with van der Waals surface area (Å²) >= 11 is 0. The van der Waals surface area contributed by atoms with Gasteiger partial charge in [0.2, 0.25) is 5.71 Å². The van der Waals surface area contributed by atoms with Gasteiger partial charge in [0.15, 0.2) is 0 Å². The van der Waals surface area contributed by atoms with Crippen molar-refractivity contribution in [3.63, 3.8) is 0 Å². The minimum absolute atomic E-state index is 0.0255. The molecule has 3 heterocycles. The highest BCUT2D eigenvalue weighted by molar-refractivity contribution is 5.97. The molecule has 2 aromatic heterocycles. The van der Waals surface area contributed by atoms with E-state index in [-0.39, 0.29) is 11.7 Å². The molecule has 4 nitrogen and oxygen atoms in total. The molecule has 1 amide bonds. The highest BCUT2D eigenvalue weighted by Gasteiger charge is 2.24. The number of benzene rings is 1. The molecule has 0 N–H and O–H groups in total. The van der Waals surface area contributed by atoms with Crippen LogP contribution in [0, 0.1) is 5.82 Å². The van der Waals surface area contributed by atoms with Crippen LogP contribution in [0.3, 0.4) is 0 Å². The van der Waals surface area contributed by atoms with Gasteiger partial charge in [0, 0.05) is 18.5 Å². The molecule has 124 valence electrons. The molecule has 0 atom stereocenters. The monoisotopic (exact) mass is 326 g/mol. The van der Waals surface area contributed by atoms with E-state index >= 15 is 0 Å². The van der Waals surface area contributed by atoms with Crippen molar-refractivity contribution < 1.29 is 13.6 Å². The van der Waals surface area contributed by atoms with Crippen LogP contribution < -0.4 is 0 Å². The second-order valence-corrected chi connectivity index (χ2v) is 6.28. The summed E-state index contributed by atoms with van der Waals surface area (Å²) in [4.78, 5) is 14.8. The molecule has 3 aromatic rings. The number of furan rings is 1. The van der Waals surface area contributed by atoms with Crippen LogP contribution >= 0.6 is 0 Å². The quantitative estimate of drug-likeness (QED) is 0.728. The summed E-state index contributed by atoms with van der Waals surface area (Å²) in [6, 6.07) is 10.2. The number of fused-ring (bicyclic) bond motifs is 1. The number of amides is 1. The third-order valence-corrected chi connectivity index (χ3v) is 4.59. The van der Waals surface area contributed by atoms with Crippen LogP contribution in [0.15, 0.2) is 47.1 Å². The lowest BCUT2D eigenvalue weighted by Crippen LogP contribution is -2.36. The molecule has 0 unspecified atom stereocenters. The lowest BCUT2D eigenvalue weighted by molar-refractivity contribution is 0.0714. The van der Waals surface area contributed by atoms with Crippen LogP contribution in [0.2, 0.25) is 0 Å². The minimum Gasteiger partial charge on any atom is -0.448 e. The maximum absolute atomic E-state index is 13.5. The van der Waals surface area contributed by atoms with Crippen molar-refractivity contribution in [2.75, 3.05) is 13.1 Å². The van der Waals surface area contributed by atoms with Crippen LogP contribution in [-0.2, 0) is 6.54 Å². The van der Waals surface area contributed by atoms with E-state index in [0.29, 0.717) is 18.0 Å². The summed E-state index contributed by atoms with van der Waals surface area (Å²) < 4.78 is 20.9. The molecule has 4 rings (SSSR count). The number of hydrogen-bond acceptors (Lipinski definition) is 2. The van der Waals surface area contributed by atoms with Gasteiger partial charge in [-0.1, -0.05) is 12.1 Å². The maximum atomic E-state index is 13.5. The molecule has 0 bridgehead atoms. The first kappa shape index (κ1) is 15.0. The van der Waals surface area contributed by atoms with Crippen LogP contribution in [-0.4, -0.2) is 28.5 Å². The van der Waals surface area contributed by atoms with Gasteiger partial charge in [-0.25, -0.2) is 4.39 Å². The summed E-state index contributed by atoms with van der Waals surface area (Å²) in [7, 11) is 0. The average molecular weight is 326 g/mol. The Morgan fingerprint density at radius 2 is 1.96 bits per heavy atom. The molecule has 5 heteroatoms. The molecule has 1 aliphatic rings. The molecule has 0 spiro atoms. The Bertz CT molecular complexity index is 875. The summed E-state index contributed by atoms with van der Waals surface area (Å²) in [5.41, 5.74) is 2.06. The van der Waals surface area contributed by atoms with Gasteiger partial charge in [-0.3, -0.25) is 4.79 Å². The first-order valence-electron chi connectivity index (χ1n) is 8.33. The number of piperidine rings is 1. The van der Waals surface area contributed by atoms with E-state index in [1.807, 2.05) is 27.7 Å². The summed E-state index contributed by atoms with van der Waals surface area (Å²) in [6.45, 7) is 2.00. The third-order valence-electron chi connectivity index (χ3n) is 4.59. The van der Waals surface area contributed by atoms with Gasteiger partial charge in [-0.05, 0) is 49.1 Å². The highest BCUT2D eigenvalue weighted by atomic mass is 19.1. The molecule has 1 fully saturated rings. The summed E-state index contributed by atoms with van der Waals surface area (Å²) in [5, 5.41) is 0.895. The van der Waals surface area contributed by atoms with Gasteiger partial charge in [-0.15, -0.1) is 0 Å². The van der Waals surface area contributed by atoms with E-state index in [2.05, 4.69) is 0 Å². The normalized spacial score (nSPS) is 15.1. The van der Waals surface area contributed by atoms with Crippen LogP contribution in [0.5, 0.6) is 0 Å². The molecule has 1 aromatic carbocycles. The van der Waals surface area contributed by atoms with E-state index in [4.69, 9.17) is 4.42 Å². The van der Waals surface area contributed by atoms with Crippen LogP contribution in [0.1, 0.15) is 35.3 Å². The van der Waals surface area contributed by atoms with Crippen LogP contribution in [0.25, 0.3) is 11.1 Å². The predicted octanol–water partition coefficient (Wildman–Crippen LogP) is 4.05. The van der Waals surface area contributed by atoms with Crippen molar-refractivity contribution in [1.82, 2.24) is 9.47 Å². The minimum atomic E-state index is -0.278. The van der Waals surface area contributed by atoms with Gasteiger partial charge < -0.3 is 13.9 Å². The Hall–Kier alpha value is -2.56. The zero-order valence-corrected chi connectivity index (χ0v) is 13.4. The molecule has 0 saturated carbocycles. The van der Waals surface area contributed by atoms with Gasteiger partial charge >= 0.3 is 0 Å². The number of nitrogens with zero attached hydrogens (tertiary/aromatic N) is 2. The number of carbonyl (C=O) groups excluding carboxylic acids is 1. The predicted molar refractivity (Wildman–Crippen MR) is 89.5 cm³/mol. The fraction of sp³-hybridized carbons (Fsp3) is 0.316. The summed E-state index contributed by atoms with van der Waals surface area (Å²) in [5.74, 6) is -0.253. The molecular weight excluding hydrogens is 307 g/mol. The zero-order chi connectivity index (χ0) is 16.5. The van der Waals surface area contributed by atoms with Crippen LogP contribution in [0.4, 0.5) is 4.39 Å². The number of carbonyl (C=O) groups is 1. The van der Waals surface area contributed by atoms with Gasteiger partial charge in [0.1, 0.15) is 11.5 Å². The molecule has 0 radical (unpaired) electrons. The second-order valence-electron chi connectivity index (χ2n) is 6.28. The maximum Gasteiger partial charge on any atom is 0.270 e. The largest absolute Gasteiger partial charge is 0.448 e. The first-order chi connectivity index (χ1) is 11.7. The van der Waals surface area contributed by atoms with Crippen molar-refractivity contribution in [1.29, 1.82) is 0 Å². The average Bonchev–Trinajstić information content (AvgIpc) is 3.18. The van der Waals surface area contributed by atoms with Gasteiger partial charge in [-0.2, -0.15) is 0 Å². The second kappa shape index (κ2) is 6.15. The molecular formula is C19H19FN2O2. The van der Waals surface area contributed by atoms with E-state index in [0.717, 1.165) is 36.9 Å². The lowest BCUT2D eigenvalue weighted by atomic mass is 10.1. The Morgan fingerprint density at radius 1 is 1.12 bits per heavy atom. The number of hydrogen-bond donors (Lipinski definition) is 0. The topological polar surface area (TPSA) is 38.4 Å². The Morgan fingerprint density at radius 3 is 2.75 bits per heavy atom. The van der Waals surface area contributed by atoms with E-state index in [1.54, 1.807) is 12.3 Å². The first-order valence-corrected chi connectivity index (χ1v) is 8.33. The number of halogens is 1. The van der Waals surface area contributed by atoms with Crippen molar-refractivity contribution in [3.8, 4) is 0 Å². The molecule has 0 aliphatic carbocycles. The number of aromatic nitrogens is 1. The smallest absolute Gasteiger partial charge is 0.270 e. The fourth-order valence-electron chi connectivity index (χ4n) is 3.39. The Balaban J connectivity index is 1.72. The van der Waals surface area contributed by atoms with Gasteiger partial charge in [0.25, 0.3) is 5.91 Å². The Labute approximate surface area is 139 Å². The number of rotatable bonds is 3. The lowest BCUT2D eigenvalue weighted by Gasteiger charge is -2.27. The van der Waals surface area contributed by atoms with E-state index in [1.165, 1.54) is 18.6 Å². The van der Waals surface area contributed by atoms with Crippen molar-refractivity contribution >= 4 is 17.0 Å². The number of likely N-dealkylation sites (tertiary alicyclic amines) is 1. The van der Waals surface area contributed by atoms with Crippen molar-refractivity contribution in [2.24, 2.45) is 0 Å². The zero-order valence-electron chi connectivity index (χ0n) is 13.4. The fourth-order valence-corrected chi connectivity index (χ4v) is 3.39. The van der Waals surface area contributed by atoms with Crippen molar-refractivity contribution in [2.45, 2.75) is 25.8 Å². The molecule has 1 aliphatic heterocycles. The molecule has 1 saturated heterocycles.